The predicted molar refractivity (Wildman–Crippen MR) is 79.7 cm³/mol. The number of carbonyl (C=O) groups excluding carboxylic acids is 1. The molecule has 0 spiro atoms. The number of likely N-dealkylation sites (tertiary alicyclic amines) is 1. The molecule has 1 amide bonds. The molecule has 2 aromatic rings. The number of rotatable bonds is 3. The number of carbonyl (C=O) groups is 1. The third-order valence-corrected chi connectivity index (χ3v) is 3.71. The molecular weight excluding hydrogens is 270 g/mol. The summed E-state index contributed by atoms with van der Waals surface area (Å²) in [6.45, 7) is 2.45. The largest absolute Gasteiger partial charge is 0.453 e. The van der Waals surface area contributed by atoms with Gasteiger partial charge in [-0.3, -0.25) is 4.90 Å². The highest BCUT2D eigenvalue weighted by atomic mass is 16.5. The second kappa shape index (κ2) is 5.61. The van der Waals surface area contributed by atoms with Gasteiger partial charge in [0.1, 0.15) is 5.82 Å². The Hall–Kier alpha value is -2.28. The number of fused-ring (bicyclic) bond motifs is 1. The first-order chi connectivity index (χ1) is 10.1. The number of hydrogen-bond donors (Lipinski definition) is 3. The standard InChI is InChI=1S/C14H19N5O2/c1-21-14(20)16-10-4-5-19(7-10)8-13-17-11-3-2-9(15)6-12(11)18-13/h2-3,6,10H,4-5,7-8,15H2,1H3,(H,16,20)(H,17,18). The Morgan fingerprint density at radius 2 is 2.48 bits per heavy atom. The molecule has 1 fully saturated rings. The molecule has 0 aliphatic carbocycles. The summed E-state index contributed by atoms with van der Waals surface area (Å²) in [4.78, 5) is 21.3. The molecule has 3 rings (SSSR count). The van der Waals surface area contributed by atoms with Crippen molar-refractivity contribution in [1.82, 2.24) is 20.2 Å². The number of ether oxygens (including phenoxy) is 1. The number of benzene rings is 1. The van der Waals surface area contributed by atoms with E-state index in [0.29, 0.717) is 0 Å². The highest BCUT2D eigenvalue weighted by molar-refractivity contribution is 5.78. The van der Waals surface area contributed by atoms with Crippen molar-refractivity contribution in [2.45, 2.75) is 19.0 Å². The zero-order valence-electron chi connectivity index (χ0n) is 11.9. The fraction of sp³-hybridized carbons (Fsp3) is 0.429. The van der Waals surface area contributed by atoms with Gasteiger partial charge in [-0.2, -0.15) is 0 Å². The van der Waals surface area contributed by atoms with Crippen LogP contribution in [0.5, 0.6) is 0 Å². The van der Waals surface area contributed by atoms with Crippen molar-refractivity contribution >= 4 is 22.8 Å². The molecule has 4 N–H and O–H groups in total. The fourth-order valence-corrected chi connectivity index (χ4v) is 2.69. The number of imidazole rings is 1. The Bertz CT molecular complexity index is 654. The number of amides is 1. The zero-order chi connectivity index (χ0) is 14.8. The van der Waals surface area contributed by atoms with Crippen LogP contribution in [0.4, 0.5) is 10.5 Å². The summed E-state index contributed by atoms with van der Waals surface area (Å²) >= 11 is 0. The molecule has 1 atom stereocenters. The van der Waals surface area contributed by atoms with Gasteiger partial charge < -0.3 is 20.8 Å². The lowest BCUT2D eigenvalue weighted by atomic mass is 10.3. The Kier molecular flexibility index (Phi) is 3.66. The number of nitrogens with zero attached hydrogens (tertiary/aromatic N) is 2. The van der Waals surface area contributed by atoms with Crippen LogP contribution in [0.15, 0.2) is 18.2 Å². The molecule has 1 unspecified atom stereocenters. The van der Waals surface area contributed by atoms with E-state index in [1.165, 1.54) is 7.11 Å². The van der Waals surface area contributed by atoms with Crippen LogP contribution >= 0.6 is 0 Å². The maximum Gasteiger partial charge on any atom is 0.407 e. The fourth-order valence-electron chi connectivity index (χ4n) is 2.69. The number of H-pyrrole nitrogens is 1. The summed E-state index contributed by atoms with van der Waals surface area (Å²) in [5, 5.41) is 2.83. The van der Waals surface area contributed by atoms with Crippen LogP contribution in [0.1, 0.15) is 12.2 Å². The number of aromatic nitrogens is 2. The van der Waals surface area contributed by atoms with Crippen LogP contribution < -0.4 is 11.1 Å². The molecule has 7 heteroatoms. The SMILES string of the molecule is COC(=O)NC1CCN(Cc2nc3ccc(N)cc3[nH]2)C1. The number of nitrogens with one attached hydrogen (secondary N) is 2. The molecule has 1 aromatic heterocycles. The van der Waals surface area contributed by atoms with Crippen LogP contribution in [0, 0.1) is 0 Å². The first-order valence-corrected chi connectivity index (χ1v) is 6.95. The summed E-state index contributed by atoms with van der Waals surface area (Å²) in [6, 6.07) is 5.78. The van der Waals surface area contributed by atoms with Gasteiger partial charge in [0.25, 0.3) is 0 Å². The van der Waals surface area contributed by atoms with E-state index in [9.17, 15) is 4.79 Å². The maximum atomic E-state index is 11.2. The highest BCUT2D eigenvalue weighted by Gasteiger charge is 2.24. The van der Waals surface area contributed by atoms with Gasteiger partial charge in [0.2, 0.25) is 0 Å². The Morgan fingerprint density at radius 1 is 1.62 bits per heavy atom. The van der Waals surface area contributed by atoms with E-state index >= 15 is 0 Å². The van der Waals surface area contributed by atoms with E-state index in [0.717, 1.165) is 48.6 Å². The number of aromatic amines is 1. The molecule has 21 heavy (non-hydrogen) atoms. The smallest absolute Gasteiger partial charge is 0.407 e. The van der Waals surface area contributed by atoms with Crippen molar-refractivity contribution < 1.29 is 9.53 Å². The van der Waals surface area contributed by atoms with E-state index in [4.69, 9.17) is 5.73 Å². The minimum atomic E-state index is -0.374. The van der Waals surface area contributed by atoms with Crippen LogP contribution in [0.25, 0.3) is 11.0 Å². The van der Waals surface area contributed by atoms with Gasteiger partial charge in [-0.15, -0.1) is 0 Å². The number of anilines is 1. The maximum absolute atomic E-state index is 11.2. The number of hydrogen-bond acceptors (Lipinski definition) is 5. The lowest BCUT2D eigenvalue weighted by molar-refractivity contribution is 0.166. The molecule has 1 aromatic carbocycles. The summed E-state index contributed by atoms with van der Waals surface area (Å²) in [6.07, 6.45) is 0.545. The van der Waals surface area contributed by atoms with E-state index in [1.54, 1.807) is 0 Å². The van der Waals surface area contributed by atoms with E-state index in [-0.39, 0.29) is 12.1 Å². The minimum absolute atomic E-state index is 0.137. The second-order valence-electron chi connectivity index (χ2n) is 5.32. The van der Waals surface area contributed by atoms with Crippen LogP contribution in [-0.2, 0) is 11.3 Å². The number of methoxy groups -OCH3 is 1. The first kappa shape index (κ1) is 13.7. The molecule has 2 heterocycles. The average molecular weight is 289 g/mol. The van der Waals surface area contributed by atoms with Crippen molar-refractivity contribution in [3.05, 3.63) is 24.0 Å². The van der Waals surface area contributed by atoms with Gasteiger partial charge in [0, 0.05) is 24.8 Å². The van der Waals surface area contributed by atoms with Crippen molar-refractivity contribution in [3.63, 3.8) is 0 Å². The summed E-state index contributed by atoms with van der Waals surface area (Å²) in [5.41, 5.74) is 8.36. The highest BCUT2D eigenvalue weighted by Crippen LogP contribution is 2.17. The van der Waals surface area contributed by atoms with Gasteiger partial charge in [0.15, 0.2) is 0 Å². The Balaban J connectivity index is 1.62. The van der Waals surface area contributed by atoms with Gasteiger partial charge >= 0.3 is 6.09 Å². The van der Waals surface area contributed by atoms with E-state index < -0.39 is 0 Å². The van der Waals surface area contributed by atoms with Crippen molar-refractivity contribution in [2.75, 3.05) is 25.9 Å². The third kappa shape index (κ3) is 3.08. The van der Waals surface area contributed by atoms with Crippen molar-refractivity contribution in [2.24, 2.45) is 0 Å². The predicted octanol–water partition coefficient (Wildman–Crippen LogP) is 1.08. The number of alkyl carbamates (subject to hydrolysis) is 1. The lowest BCUT2D eigenvalue weighted by Crippen LogP contribution is -2.36. The zero-order valence-corrected chi connectivity index (χ0v) is 11.9. The minimum Gasteiger partial charge on any atom is -0.453 e. The molecule has 112 valence electrons. The molecule has 0 saturated carbocycles. The third-order valence-electron chi connectivity index (χ3n) is 3.71. The van der Waals surface area contributed by atoms with Crippen LogP contribution in [0.2, 0.25) is 0 Å². The van der Waals surface area contributed by atoms with E-state index in [1.807, 2.05) is 18.2 Å². The van der Waals surface area contributed by atoms with E-state index in [2.05, 4.69) is 24.9 Å². The van der Waals surface area contributed by atoms with Gasteiger partial charge in [-0.25, -0.2) is 9.78 Å². The number of nitrogens with two attached hydrogens (primary N) is 1. The molecular formula is C14H19N5O2. The topological polar surface area (TPSA) is 96.3 Å². The Morgan fingerprint density at radius 3 is 3.29 bits per heavy atom. The van der Waals surface area contributed by atoms with Crippen LogP contribution in [-0.4, -0.2) is 47.2 Å². The van der Waals surface area contributed by atoms with Crippen LogP contribution in [0.3, 0.4) is 0 Å². The van der Waals surface area contributed by atoms with Gasteiger partial charge in [0.05, 0.1) is 24.7 Å². The second-order valence-corrected chi connectivity index (χ2v) is 5.32. The lowest BCUT2D eigenvalue weighted by Gasteiger charge is -2.14. The molecule has 1 aliphatic heterocycles. The monoisotopic (exact) mass is 289 g/mol. The Labute approximate surface area is 122 Å². The molecule has 0 bridgehead atoms. The first-order valence-electron chi connectivity index (χ1n) is 6.95. The summed E-state index contributed by atoms with van der Waals surface area (Å²) in [5.74, 6) is 0.911. The normalized spacial score (nSPS) is 19.0. The summed E-state index contributed by atoms with van der Waals surface area (Å²) < 4.78 is 4.62. The molecule has 7 nitrogen and oxygen atoms in total. The van der Waals surface area contributed by atoms with Gasteiger partial charge in [-0.05, 0) is 24.6 Å². The van der Waals surface area contributed by atoms with Crippen molar-refractivity contribution in [1.29, 1.82) is 0 Å². The molecule has 1 aliphatic rings. The number of nitrogen functional groups attached to an aromatic ring is 1. The van der Waals surface area contributed by atoms with Gasteiger partial charge in [-0.1, -0.05) is 0 Å². The molecule has 0 radical (unpaired) electrons. The average Bonchev–Trinajstić information content (AvgIpc) is 3.05. The van der Waals surface area contributed by atoms with Crippen molar-refractivity contribution in [3.8, 4) is 0 Å². The summed E-state index contributed by atoms with van der Waals surface area (Å²) in [7, 11) is 1.38. The molecule has 1 saturated heterocycles. The quantitative estimate of drug-likeness (QED) is 0.735.